The van der Waals surface area contributed by atoms with Gasteiger partial charge in [0.2, 0.25) is 0 Å². The summed E-state index contributed by atoms with van der Waals surface area (Å²) in [7, 11) is 1.80. The highest BCUT2D eigenvalue weighted by Gasteiger charge is 1.79. The van der Waals surface area contributed by atoms with Crippen molar-refractivity contribution in [3.8, 4) is 0 Å². The number of nitrogens with one attached hydrogen (secondary N) is 1. The van der Waals surface area contributed by atoms with E-state index in [0.29, 0.717) is 6.54 Å². The predicted octanol–water partition coefficient (Wildman–Crippen LogP) is 1.31. The minimum absolute atomic E-state index is 0.233. The lowest BCUT2D eigenvalue weighted by molar-refractivity contribution is 0.296. The number of hydrogen-bond donors (Lipinski definition) is 3. The molecular formula is C11H17NO2. The maximum atomic E-state index is 8.90. The third-order valence-corrected chi connectivity index (χ3v) is 1.34. The minimum atomic E-state index is 0.233. The second-order valence-electron chi connectivity index (χ2n) is 2.55. The molecular weight excluding hydrogens is 178 g/mol. The van der Waals surface area contributed by atoms with Crippen LogP contribution >= 0.6 is 0 Å². The van der Waals surface area contributed by atoms with Crippen molar-refractivity contribution in [1.82, 2.24) is 5.32 Å². The molecule has 3 N–H and O–H groups in total. The van der Waals surface area contributed by atoms with Gasteiger partial charge in [0.15, 0.2) is 0 Å². The zero-order valence-electron chi connectivity index (χ0n) is 8.35. The monoisotopic (exact) mass is 195 g/mol. The van der Waals surface area contributed by atoms with Crippen LogP contribution in [0.2, 0.25) is 0 Å². The Kier molecular flexibility index (Phi) is 8.84. The Morgan fingerprint density at radius 3 is 2.36 bits per heavy atom. The van der Waals surface area contributed by atoms with Crippen molar-refractivity contribution in [2.75, 3.05) is 20.2 Å². The molecule has 3 heteroatoms. The Balaban J connectivity index is 0.000000292. The van der Waals surface area contributed by atoms with E-state index in [-0.39, 0.29) is 12.4 Å². The van der Waals surface area contributed by atoms with Gasteiger partial charge in [-0.25, -0.2) is 0 Å². The number of aliphatic hydroxyl groups excluding tert-OH is 2. The molecule has 0 radical (unpaired) electrons. The van der Waals surface area contributed by atoms with Crippen molar-refractivity contribution >= 4 is 0 Å². The summed E-state index contributed by atoms with van der Waals surface area (Å²) < 4.78 is 0. The van der Waals surface area contributed by atoms with Gasteiger partial charge in [0.25, 0.3) is 0 Å². The van der Waals surface area contributed by atoms with Gasteiger partial charge in [0.1, 0.15) is 5.76 Å². The highest BCUT2D eigenvalue weighted by atomic mass is 16.3. The van der Waals surface area contributed by atoms with Crippen LogP contribution in [0.25, 0.3) is 0 Å². The molecule has 1 aliphatic carbocycles. The summed E-state index contributed by atoms with van der Waals surface area (Å²) in [6.45, 7) is 0.927. The van der Waals surface area contributed by atoms with E-state index < -0.39 is 0 Å². The molecule has 0 aromatic heterocycles. The fourth-order valence-electron chi connectivity index (χ4n) is 0.668. The smallest absolute Gasteiger partial charge is 0.115 e. The van der Waals surface area contributed by atoms with Crippen LogP contribution in [-0.4, -0.2) is 30.4 Å². The Morgan fingerprint density at radius 2 is 1.79 bits per heavy atom. The molecule has 0 aromatic carbocycles. The molecule has 78 valence electrons. The number of allylic oxidation sites excluding steroid dienone is 7. The molecule has 0 amide bonds. The molecule has 0 fully saturated rings. The first kappa shape index (κ1) is 12.7. The molecule has 0 bridgehead atoms. The van der Waals surface area contributed by atoms with Crippen LogP contribution in [0.4, 0.5) is 0 Å². The number of likely N-dealkylation sites (N-methyl/N-ethyl adjacent to an activating group) is 1. The van der Waals surface area contributed by atoms with Gasteiger partial charge >= 0.3 is 0 Å². The van der Waals surface area contributed by atoms with E-state index in [1.54, 1.807) is 31.4 Å². The van der Waals surface area contributed by atoms with Crippen molar-refractivity contribution in [2.45, 2.75) is 0 Å². The van der Waals surface area contributed by atoms with Crippen LogP contribution in [0, 0.1) is 0 Å². The molecule has 0 spiro atoms. The Labute approximate surface area is 84.8 Å². The molecule has 14 heavy (non-hydrogen) atoms. The topological polar surface area (TPSA) is 52.5 Å². The van der Waals surface area contributed by atoms with E-state index in [4.69, 9.17) is 10.2 Å². The van der Waals surface area contributed by atoms with Crippen LogP contribution in [-0.2, 0) is 0 Å². The Morgan fingerprint density at radius 1 is 1.14 bits per heavy atom. The minimum Gasteiger partial charge on any atom is -0.508 e. The summed E-state index contributed by atoms with van der Waals surface area (Å²) in [6, 6.07) is 0. The number of rotatable bonds is 2. The van der Waals surface area contributed by atoms with E-state index in [1.807, 2.05) is 18.2 Å². The molecule has 0 saturated carbocycles. The fraction of sp³-hybridized carbons (Fsp3) is 0.273. The lowest BCUT2D eigenvalue weighted by Gasteiger charge is -1.87. The van der Waals surface area contributed by atoms with Gasteiger partial charge < -0.3 is 15.5 Å². The third kappa shape index (κ3) is 8.77. The summed E-state index contributed by atoms with van der Waals surface area (Å²) >= 11 is 0. The van der Waals surface area contributed by atoms with Gasteiger partial charge in [-0.1, -0.05) is 30.4 Å². The van der Waals surface area contributed by atoms with Crippen molar-refractivity contribution in [3.05, 3.63) is 48.3 Å². The fourth-order valence-corrected chi connectivity index (χ4v) is 0.668. The molecule has 0 aromatic rings. The van der Waals surface area contributed by atoms with Gasteiger partial charge in [-0.2, -0.15) is 0 Å². The first-order valence-corrected chi connectivity index (χ1v) is 4.47. The van der Waals surface area contributed by atoms with Gasteiger partial charge in [0.05, 0.1) is 6.61 Å². The van der Waals surface area contributed by atoms with Gasteiger partial charge in [-0.3, -0.25) is 0 Å². The highest BCUT2D eigenvalue weighted by molar-refractivity contribution is 5.26. The van der Waals surface area contributed by atoms with E-state index >= 15 is 0 Å². The molecule has 0 aliphatic heterocycles. The maximum Gasteiger partial charge on any atom is 0.115 e. The molecule has 1 aliphatic rings. The largest absolute Gasteiger partial charge is 0.508 e. The van der Waals surface area contributed by atoms with Gasteiger partial charge in [-0.05, 0) is 19.2 Å². The molecule has 0 saturated heterocycles. The summed E-state index contributed by atoms with van der Waals surface area (Å²) in [5.41, 5.74) is 0. The van der Waals surface area contributed by atoms with E-state index in [0.717, 1.165) is 0 Å². The summed E-state index contributed by atoms with van der Waals surface area (Å²) in [5.74, 6) is 0.288. The lowest BCUT2D eigenvalue weighted by atomic mass is 10.3. The zero-order chi connectivity index (χ0) is 10.6. The average Bonchev–Trinajstić information content (AvgIpc) is 2.14. The Bertz CT molecular complexity index is 238. The van der Waals surface area contributed by atoms with Gasteiger partial charge in [-0.15, -0.1) is 0 Å². The van der Waals surface area contributed by atoms with Crippen molar-refractivity contribution in [1.29, 1.82) is 0 Å². The van der Waals surface area contributed by atoms with E-state index in [2.05, 4.69) is 5.32 Å². The van der Waals surface area contributed by atoms with Crippen LogP contribution in [0.3, 0.4) is 0 Å². The second kappa shape index (κ2) is 9.77. The molecule has 0 unspecified atom stereocenters. The zero-order valence-corrected chi connectivity index (χ0v) is 8.35. The molecule has 0 heterocycles. The average molecular weight is 195 g/mol. The second-order valence-corrected chi connectivity index (χ2v) is 2.55. The third-order valence-electron chi connectivity index (χ3n) is 1.34. The lowest BCUT2D eigenvalue weighted by Crippen LogP contribution is -2.10. The summed E-state index contributed by atoms with van der Waals surface area (Å²) in [5, 5.41) is 19.7. The molecule has 1 rings (SSSR count). The van der Waals surface area contributed by atoms with Crippen LogP contribution in [0.1, 0.15) is 0 Å². The van der Waals surface area contributed by atoms with E-state index in [9.17, 15) is 0 Å². The first-order chi connectivity index (χ1) is 6.81. The number of hydrogen-bond acceptors (Lipinski definition) is 3. The summed E-state index contributed by atoms with van der Waals surface area (Å²) in [6.07, 6.45) is 12.5. The maximum absolute atomic E-state index is 8.90. The van der Waals surface area contributed by atoms with Crippen molar-refractivity contribution < 1.29 is 10.2 Å². The molecule has 3 nitrogen and oxygen atoms in total. The number of aliphatic hydroxyl groups is 2. The standard InChI is InChI=1S/C8H8O.C3H9NO/c9-8-6-4-2-1-3-5-7-8;1-4-2-3-5/h1-7,9H;4-5H,2-3H2,1H3. The quantitative estimate of drug-likeness (QED) is 0.622. The predicted molar refractivity (Wildman–Crippen MR) is 59.1 cm³/mol. The van der Waals surface area contributed by atoms with Crippen LogP contribution in [0.15, 0.2) is 48.3 Å². The normalized spacial score (nSPS) is 13.7. The SMILES string of the molecule is CNCCO.OC1=CC=CC=CC=C1. The van der Waals surface area contributed by atoms with Crippen LogP contribution < -0.4 is 5.32 Å². The van der Waals surface area contributed by atoms with Gasteiger partial charge in [0, 0.05) is 6.54 Å². The van der Waals surface area contributed by atoms with Crippen LogP contribution in [0.5, 0.6) is 0 Å². The first-order valence-electron chi connectivity index (χ1n) is 4.47. The highest BCUT2D eigenvalue weighted by Crippen LogP contribution is 1.95. The summed E-state index contributed by atoms with van der Waals surface area (Å²) in [4.78, 5) is 0. The Hall–Kier alpha value is -1.32. The van der Waals surface area contributed by atoms with E-state index in [1.165, 1.54) is 0 Å². The van der Waals surface area contributed by atoms with Crippen molar-refractivity contribution in [3.63, 3.8) is 0 Å². The molecule has 0 atom stereocenters. The van der Waals surface area contributed by atoms with Crippen molar-refractivity contribution in [2.24, 2.45) is 0 Å².